The zero-order chi connectivity index (χ0) is 69.9. The number of carboxylic acid groups (broad SMARTS) is 1. The van der Waals surface area contributed by atoms with E-state index in [1.165, 1.54) is 41.1 Å². The lowest BCUT2D eigenvalue weighted by atomic mass is 9.95. The summed E-state index contributed by atoms with van der Waals surface area (Å²) in [7, 11) is 1.47. The van der Waals surface area contributed by atoms with Crippen molar-refractivity contribution in [2.45, 2.75) is 89.1 Å². The Morgan fingerprint density at radius 2 is 1.55 bits per heavy atom. The van der Waals surface area contributed by atoms with Crippen LogP contribution in [0.5, 0.6) is 11.5 Å². The fraction of sp³-hybridized carbons (Fsp3) is 0.394. The molecule has 31 heteroatoms. The van der Waals surface area contributed by atoms with Crippen LogP contribution in [0.2, 0.25) is 0 Å². The molecule has 30 nitrogen and oxygen atoms in total. The van der Waals surface area contributed by atoms with Crippen molar-refractivity contribution in [3.8, 4) is 11.5 Å². The van der Waals surface area contributed by atoms with Gasteiger partial charge in [0.1, 0.15) is 54.4 Å². The highest BCUT2D eigenvalue weighted by Crippen LogP contribution is 2.46. The van der Waals surface area contributed by atoms with Crippen LogP contribution in [0.3, 0.4) is 0 Å². The molecule has 12 N–H and O–H groups in total. The number of aromatic nitrogens is 1. The van der Waals surface area contributed by atoms with Crippen LogP contribution >= 0.6 is 11.6 Å². The number of rotatable bonds is 32. The Labute approximate surface area is 562 Å². The molecule has 0 fully saturated rings. The Morgan fingerprint density at radius 1 is 0.825 bits per heavy atom. The first-order chi connectivity index (χ1) is 46.5. The van der Waals surface area contributed by atoms with Gasteiger partial charge >= 0.3 is 30.3 Å². The minimum atomic E-state index is -1.17. The minimum absolute atomic E-state index is 0.00330. The van der Waals surface area contributed by atoms with Crippen molar-refractivity contribution in [1.82, 2.24) is 41.0 Å². The molecule has 5 aromatic rings. The van der Waals surface area contributed by atoms with Crippen LogP contribution in [0, 0.1) is 5.92 Å². The number of nitrogens with zero attached hydrogens (tertiary/aromatic N) is 5. The Bertz CT molecular complexity index is 3770. The SMILES string of the molecule is CC(C)[C@H](NC(=O)OCCOCCN1C(=O)C=CC1=O)C(=O)N[C@@H](CCCNC(N)=O)C(=O)Nc1ccc(COC(=O)N(C)CCN(CCCC[C@H](N)C(=O)O)C(=O)Oc2cc3c(c4ccccc24)[C@H](CCl)CN3C(=O)c2cc3c([nH]2)N=CC(NC(=O)c2ccc(O)cc2)C3)cc1. The Kier molecular flexibility index (Phi) is 25.5. The number of ether oxygens (including phenoxy) is 4. The summed E-state index contributed by atoms with van der Waals surface area (Å²) in [5.74, 6) is -4.25. The molecule has 0 aliphatic carbocycles. The molecule has 4 aromatic carbocycles. The number of benzene rings is 4. The molecule has 3 aliphatic heterocycles. The standard InChI is InChI=1S/C66H78ClN13O17/c1-38(2)56(76-64(91)95-30-29-94-28-27-79-53(82)21-22-54(79)83)60(86)75-49(12-8-23-70-63(69)90)59(85)72-43-17-13-39(14-18-43)37-96-65(92)77(3)25-26-78(24-7-6-11-48(68)62(88)89)66(93)97-52-33-51-55(47-10-5-4-9-46(47)52)42(34-67)36-80(51)61(87)50-32-41-31-44(35-71-57(41)74-50)73-58(84)40-15-19-45(81)20-16-40/h4-5,9-10,13-22,32-33,35,38,42,44,48-49,56,74,81H,6-8,11-12,23-31,34,36-37,68H2,1-3H3,(H,72,85)(H,73,84)(H,75,86)(H,76,91)(H,88,89)(H3,69,70,90)/t42-,44?,48+,49+,56+/m1/s1. The van der Waals surface area contributed by atoms with Crippen molar-refractivity contribution >= 4 is 112 Å². The maximum absolute atomic E-state index is 14.6. The van der Waals surface area contributed by atoms with E-state index in [1.54, 1.807) is 73.5 Å². The largest absolute Gasteiger partial charge is 0.508 e. The van der Waals surface area contributed by atoms with Crippen molar-refractivity contribution in [2.24, 2.45) is 22.4 Å². The number of alkyl carbamates (subject to hydrolysis) is 1. The number of hydrogen-bond donors (Lipinski definition) is 10. The first-order valence-electron chi connectivity index (χ1n) is 31.4. The number of phenolic OH excluding ortho intramolecular Hbond substituents is 1. The van der Waals surface area contributed by atoms with Gasteiger partial charge in [0.2, 0.25) is 11.8 Å². The number of urea groups is 1. The number of phenols is 1. The monoisotopic (exact) mass is 1360 g/mol. The first-order valence-corrected chi connectivity index (χ1v) is 31.9. The predicted octanol–water partition coefficient (Wildman–Crippen LogP) is 5.13. The molecule has 0 saturated carbocycles. The number of H-pyrrole nitrogens is 1. The summed E-state index contributed by atoms with van der Waals surface area (Å²) in [6.07, 6.45) is 2.73. The van der Waals surface area contributed by atoms with E-state index in [0.29, 0.717) is 63.9 Å². The molecule has 1 unspecified atom stereocenters. The molecule has 0 bridgehead atoms. The highest BCUT2D eigenvalue weighted by Gasteiger charge is 2.37. The summed E-state index contributed by atoms with van der Waals surface area (Å²) in [5, 5.41) is 33.6. The van der Waals surface area contributed by atoms with Crippen LogP contribution in [-0.2, 0) is 51.2 Å². The van der Waals surface area contributed by atoms with Gasteiger partial charge in [-0.15, -0.1) is 11.6 Å². The topological polar surface area (TPSA) is 418 Å². The molecular formula is C66H78ClN13O17. The van der Waals surface area contributed by atoms with E-state index < -0.39 is 89.9 Å². The molecule has 4 heterocycles. The molecule has 3 aliphatic rings. The smallest absolute Gasteiger partial charge is 0.415 e. The maximum atomic E-state index is 14.6. The lowest BCUT2D eigenvalue weighted by Crippen LogP contribution is -2.54. The number of imide groups is 1. The van der Waals surface area contributed by atoms with Crippen LogP contribution in [0.25, 0.3) is 10.8 Å². The zero-order valence-electron chi connectivity index (χ0n) is 53.6. The van der Waals surface area contributed by atoms with Gasteiger partial charge in [0, 0.05) is 99.1 Å². The molecule has 516 valence electrons. The number of fused-ring (bicyclic) bond motifs is 4. The van der Waals surface area contributed by atoms with Crippen molar-refractivity contribution in [3.05, 3.63) is 125 Å². The van der Waals surface area contributed by atoms with Crippen molar-refractivity contribution < 1.29 is 81.9 Å². The maximum Gasteiger partial charge on any atom is 0.415 e. The third-order valence-electron chi connectivity index (χ3n) is 16.1. The van der Waals surface area contributed by atoms with Gasteiger partial charge in [0.05, 0.1) is 31.5 Å². The second kappa shape index (κ2) is 34.2. The van der Waals surface area contributed by atoms with Gasteiger partial charge in [0.15, 0.2) is 0 Å². The van der Waals surface area contributed by atoms with Crippen LogP contribution in [0.4, 0.5) is 36.4 Å². The molecule has 0 saturated heterocycles. The van der Waals surface area contributed by atoms with E-state index in [2.05, 4.69) is 36.6 Å². The number of carbonyl (C=O) groups is 11. The lowest BCUT2D eigenvalue weighted by molar-refractivity contribution is -0.139. The second-order valence-electron chi connectivity index (χ2n) is 23.5. The number of carbonyl (C=O) groups excluding carboxylic acids is 10. The van der Waals surface area contributed by atoms with Gasteiger partial charge in [-0.25, -0.2) is 24.2 Å². The van der Waals surface area contributed by atoms with Crippen LogP contribution < -0.4 is 47.7 Å². The number of carboxylic acids is 1. The quantitative estimate of drug-likeness (QED) is 0.0151. The number of hydrogen-bond acceptors (Lipinski definition) is 18. The second-order valence-corrected chi connectivity index (χ2v) is 23.8. The molecule has 0 radical (unpaired) electrons. The zero-order valence-corrected chi connectivity index (χ0v) is 54.3. The summed E-state index contributed by atoms with van der Waals surface area (Å²) < 4.78 is 22.4. The van der Waals surface area contributed by atoms with Crippen LogP contribution in [0.1, 0.15) is 89.4 Å². The average Bonchev–Trinajstić information content (AvgIpc) is 1.60. The number of nitrogens with one attached hydrogen (secondary N) is 6. The van der Waals surface area contributed by atoms with E-state index in [1.807, 2.05) is 12.1 Å². The molecule has 5 atom stereocenters. The van der Waals surface area contributed by atoms with Gasteiger partial charge in [-0.3, -0.25) is 38.5 Å². The molecule has 8 rings (SSSR count). The van der Waals surface area contributed by atoms with Crippen LogP contribution in [-0.4, -0.2) is 198 Å². The normalized spacial score (nSPS) is 15.4. The van der Waals surface area contributed by atoms with E-state index in [9.17, 15) is 63.0 Å². The van der Waals surface area contributed by atoms with E-state index in [4.69, 9.17) is 42.0 Å². The Hall–Kier alpha value is -10.6. The molecular weight excluding hydrogens is 1280 g/mol. The average molecular weight is 1360 g/mol. The predicted molar refractivity (Wildman–Crippen MR) is 355 cm³/mol. The van der Waals surface area contributed by atoms with Crippen molar-refractivity contribution in [3.63, 3.8) is 0 Å². The Morgan fingerprint density at radius 3 is 2.24 bits per heavy atom. The number of unbranched alkanes of at least 4 members (excludes halogenated alkanes) is 1. The molecule has 0 spiro atoms. The number of likely N-dealkylation sites (N-methyl/N-ethyl adjacent to an activating group) is 1. The number of anilines is 2. The van der Waals surface area contributed by atoms with E-state index >= 15 is 0 Å². The summed E-state index contributed by atoms with van der Waals surface area (Å²) in [6.45, 7) is 3.09. The minimum Gasteiger partial charge on any atom is -0.508 e. The van der Waals surface area contributed by atoms with Crippen molar-refractivity contribution in [1.29, 1.82) is 0 Å². The third kappa shape index (κ3) is 19.8. The van der Waals surface area contributed by atoms with Gasteiger partial charge in [0.25, 0.3) is 23.6 Å². The highest BCUT2D eigenvalue weighted by molar-refractivity contribution is 6.19. The summed E-state index contributed by atoms with van der Waals surface area (Å²) in [5.41, 5.74) is 14.3. The number of primary amides is 1. The van der Waals surface area contributed by atoms with Gasteiger partial charge < -0.3 is 86.9 Å². The fourth-order valence-corrected chi connectivity index (χ4v) is 11.1. The summed E-state index contributed by atoms with van der Waals surface area (Å²) in [6, 6.07) is 17.9. The van der Waals surface area contributed by atoms with Gasteiger partial charge in [-0.2, -0.15) is 0 Å². The molecule has 97 heavy (non-hydrogen) atoms. The number of alkyl halides is 1. The summed E-state index contributed by atoms with van der Waals surface area (Å²) >= 11 is 6.62. The van der Waals surface area contributed by atoms with E-state index in [-0.39, 0.29) is 120 Å². The number of aliphatic carboxylic acids is 1. The highest BCUT2D eigenvalue weighted by atomic mass is 35.5. The number of aromatic amines is 1. The fourth-order valence-electron chi connectivity index (χ4n) is 10.9. The third-order valence-corrected chi connectivity index (χ3v) is 16.5. The molecule has 1 aromatic heterocycles. The number of nitrogens with two attached hydrogens (primary N) is 2. The van der Waals surface area contributed by atoms with Crippen molar-refractivity contribution in [2.75, 3.05) is 82.2 Å². The number of halogens is 1. The first kappa shape index (κ1) is 72.2. The number of aromatic hydroxyl groups is 1. The van der Waals surface area contributed by atoms with Gasteiger partial charge in [-0.1, -0.05) is 50.2 Å². The molecule has 11 amide bonds. The van der Waals surface area contributed by atoms with E-state index in [0.717, 1.165) is 22.6 Å². The Balaban J connectivity index is 0.869. The summed E-state index contributed by atoms with van der Waals surface area (Å²) in [4.78, 5) is 155. The lowest BCUT2D eigenvalue weighted by Gasteiger charge is -2.26. The van der Waals surface area contributed by atoms with Gasteiger partial charge in [-0.05, 0) is 103 Å². The van der Waals surface area contributed by atoms with Crippen LogP contribution in [0.15, 0.2) is 102 Å². The number of amides is 11. The number of aliphatic imine (C=N–C) groups is 1.